The van der Waals surface area contributed by atoms with Crippen LogP contribution in [0.15, 0.2) is 66.7 Å². The van der Waals surface area contributed by atoms with Crippen molar-refractivity contribution in [3.05, 3.63) is 83.4 Å². The maximum atomic E-state index is 13.1. The number of fused-ring (bicyclic) bond motifs is 1. The molecule has 0 fully saturated rings. The number of benzene rings is 3. The fraction of sp³-hybridized carbons (Fsp3) is 0.167. The van der Waals surface area contributed by atoms with Gasteiger partial charge < -0.3 is 25.4 Å². The highest BCUT2D eigenvalue weighted by atomic mass is 19.4. The maximum absolute atomic E-state index is 13.1. The van der Waals surface area contributed by atoms with Gasteiger partial charge in [-0.05, 0) is 42.0 Å². The van der Waals surface area contributed by atoms with Crippen molar-refractivity contribution in [3.8, 4) is 11.5 Å². The molecule has 4 rings (SSSR count). The monoisotopic (exact) mass is 471 g/mol. The zero-order valence-corrected chi connectivity index (χ0v) is 17.7. The van der Waals surface area contributed by atoms with Crippen LogP contribution >= 0.6 is 0 Å². The van der Waals surface area contributed by atoms with E-state index in [4.69, 9.17) is 9.47 Å². The van der Waals surface area contributed by atoms with Gasteiger partial charge in [0.15, 0.2) is 11.5 Å². The summed E-state index contributed by atoms with van der Waals surface area (Å²) in [5, 5.41) is 7.87. The summed E-state index contributed by atoms with van der Waals surface area (Å²) in [5.41, 5.74) is 0.186. The predicted molar refractivity (Wildman–Crippen MR) is 119 cm³/mol. The number of para-hydroxylation sites is 2. The molecule has 0 saturated carbocycles. The fourth-order valence-corrected chi connectivity index (χ4v) is 3.37. The SMILES string of the molecule is O=C(CNc1ccccc1C(=O)NCc1ccc2c(c1)OCO2)Nc1ccccc1C(F)(F)F. The number of hydrogen-bond donors (Lipinski definition) is 3. The van der Waals surface area contributed by atoms with Crippen molar-refractivity contribution in [2.45, 2.75) is 12.7 Å². The van der Waals surface area contributed by atoms with E-state index in [9.17, 15) is 22.8 Å². The van der Waals surface area contributed by atoms with Gasteiger partial charge in [-0.25, -0.2) is 0 Å². The summed E-state index contributed by atoms with van der Waals surface area (Å²) >= 11 is 0. The molecule has 7 nitrogen and oxygen atoms in total. The van der Waals surface area contributed by atoms with Gasteiger partial charge >= 0.3 is 6.18 Å². The van der Waals surface area contributed by atoms with E-state index >= 15 is 0 Å². The molecule has 176 valence electrons. The van der Waals surface area contributed by atoms with E-state index in [-0.39, 0.29) is 37.0 Å². The average molecular weight is 471 g/mol. The van der Waals surface area contributed by atoms with E-state index in [0.29, 0.717) is 17.2 Å². The highest BCUT2D eigenvalue weighted by molar-refractivity contribution is 6.01. The number of ether oxygens (including phenoxy) is 2. The number of nitrogens with one attached hydrogen (secondary N) is 3. The smallest absolute Gasteiger partial charge is 0.418 e. The lowest BCUT2D eigenvalue weighted by Gasteiger charge is -2.15. The van der Waals surface area contributed by atoms with Gasteiger partial charge in [-0.3, -0.25) is 9.59 Å². The van der Waals surface area contributed by atoms with Crippen LogP contribution in [0, 0.1) is 0 Å². The topological polar surface area (TPSA) is 88.7 Å². The van der Waals surface area contributed by atoms with Gasteiger partial charge in [0.1, 0.15) is 0 Å². The van der Waals surface area contributed by atoms with Crippen LogP contribution in [0.1, 0.15) is 21.5 Å². The molecule has 10 heteroatoms. The highest BCUT2D eigenvalue weighted by Gasteiger charge is 2.33. The molecule has 0 radical (unpaired) electrons. The standard InChI is InChI=1S/C24H20F3N3O4/c25-24(26,27)17-6-2-4-8-19(17)30-22(31)13-28-18-7-3-1-5-16(18)23(32)29-12-15-9-10-20-21(11-15)34-14-33-20/h1-11,28H,12-14H2,(H,29,32)(H,30,31). The van der Waals surface area contributed by atoms with E-state index in [2.05, 4.69) is 16.0 Å². The third-order valence-corrected chi connectivity index (χ3v) is 5.01. The van der Waals surface area contributed by atoms with Crippen LogP contribution in [0.4, 0.5) is 24.5 Å². The highest BCUT2D eigenvalue weighted by Crippen LogP contribution is 2.34. The van der Waals surface area contributed by atoms with Gasteiger partial charge in [0.05, 0.1) is 23.4 Å². The second kappa shape index (κ2) is 9.74. The Labute approximate surface area is 192 Å². The first kappa shape index (κ1) is 23.0. The third-order valence-electron chi connectivity index (χ3n) is 5.01. The minimum absolute atomic E-state index is 0.152. The van der Waals surface area contributed by atoms with Crippen molar-refractivity contribution in [1.29, 1.82) is 0 Å². The van der Waals surface area contributed by atoms with Gasteiger partial charge in [0.25, 0.3) is 5.91 Å². The van der Waals surface area contributed by atoms with E-state index in [1.807, 2.05) is 0 Å². The van der Waals surface area contributed by atoms with Gasteiger partial charge in [0, 0.05) is 12.2 Å². The van der Waals surface area contributed by atoms with Crippen LogP contribution in [0.5, 0.6) is 11.5 Å². The lowest BCUT2D eigenvalue weighted by molar-refractivity contribution is -0.137. The molecular weight excluding hydrogens is 451 g/mol. The zero-order valence-electron chi connectivity index (χ0n) is 17.7. The number of carbonyl (C=O) groups is 2. The van der Waals surface area contributed by atoms with Gasteiger partial charge in [-0.1, -0.05) is 30.3 Å². The molecule has 1 aliphatic heterocycles. The van der Waals surface area contributed by atoms with Crippen LogP contribution in [-0.2, 0) is 17.5 Å². The number of amides is 2. The Hall–Kier alpha value is -4.21. The first-order valence-corrected chi connectivity index (χ1v) is 10.3. The molecule has 3 aromatic rings. The minimum Gasteiger partial charge on any atom is -0.454 e. The summed E-state index contributed by atoms with van der Waals surface area (Å²) < 4.78 is 50.0. The van der Waals surface area contributed by atoms with Crippen LogP contribution in [0.2, 0.25) is 0 Å². The molecule has 3 N–H and O–H groups in total. The Morgan fingerprint density at radius 2 is 1.59 bits per heavy atom. The van der Waals surface area contributed by atoms with Crippen LogP contribution in [0.25, 0.3) is 0 Å². The molecule has 0 unspecified atom stereocenters. The summed E-state index contributed by atoms with van der Waals surface area (Å²) in [7, 11) is 0. The van der Waals surface area contributed by atoms with E-state index in [0.717, 1.165) is 11.6 Å². The third kappa shape index (κ3) is 5.40. The van der Waals surface area contributed by atoms with Crippen LogP contribution in [0.3, 0.4) is 0 Å². The molecule has 1 aliphatic rings. The molecule has 0 spiro atoms. The summed E-state index contributed by atoms with van der Waals surface area (Å²) in [5.74, 6) is 0.170. The number of anilines is 2. The van der Waals surface area contributed by atoms with E-state index in [1.165, 1.54) is 18.2 Å². The molecule has 0 atom stereocenters. The molecule has 0 aromatic heterocycles. The number of carbonyl (C=O) groups excluding carboxylic acids is 2. The van der Waals surface area contributed by atoms with Crippen molar-refractivity contribution in [3.63, 3.8) is 0 Å². The van der Waals surface area contributed by atoms with Crippen LogP contribution in [-0.4, -0.2) is 25.2 Å². The van der Waals surface area contributed by atoms with Crippen molar-refractivity contribution in [2.75, 3.05) is 24.0 Å². The second-order valence-corrected chi connectivity index (χ2v) is 7.36. The number of halogens is 3. The molecule has 3 aromatic carbocycles. The van der Waals surface area contributed by atoms with Gasteiger partial charge in [-0.2, -0.15) is 13.2 Å². The van der Waals surface area contributed by atoms with Crippen molar-refractivity contribution >= 4 is 23.2 Å². The molecule has 0 aliphatic carbocycles. The van der Waals surface area contributed by atoms with Crippen LogP contribution < -0.4 is 25.4 Å². The number of alkyl halides is 3. The van der Waals surface area contributed by atoms with E-state index in [1.54, 1.807) is 42.5 Å². The minimum atomic E-state index is -4.60. The lowest BCUT2D eigenvalue weighted by atomic mass is 10.1. The molecular formula is C24H20F3N3O4. The molecule has 34 heavy (non-hydrogen) atoms. The van der Waals surface area contributed by atoms with Crippen molar-refractivity contribution < 1.29 is 32.2 Å². The number of hydrogen-bond acceptors (Lipinski definition) is 5. The van der Waals surface area contributed by atoms with Crippen molar-refractivity contribution in [2.24, 2.45) is 0 Å². The largest absolute Gasteiger partial charge is 0.454 e. The Morgan fingerprint density at radius 3 is 2.38 bits per heavy atom. The molecule has 0 bridgehead atoms. The summed E-state index contributed by atoms with van der Waals surface area (Å²) in [6, 6.07) is 16.6. The van der Waals surface area contributed by atoms with E-state index < -0.39 is 17.6 Å². The molecule has 2 amide bonds. The predicted octanol–water partition coefficient (Wildman–Crippen LogP) is 4.41. The summed E-state index contributed by atoms with van der Waals surface area (Å²) in [4.78, 5) is 25.0. The first-order valence-electron chi connectivity index (χ1n) is 10.3. The average Bonchev–Trinajstić information content (AvgIpc) is 3.29. The Morgan fingerprint density at radius 1 is 0.882 bits per heavy atom. The number of rotatable bonds is 7. The maximum Gasteiger partial charge on any atom is 0.418 e. The quantitative estimate of drug-likeness (QED) is 0.475. The summed E-state index contributed by atoms with van der Waals surface area (Å²) in [6.45, 7) is 0.0523. The molecule has 0 saturated heterocycles. The fourth-order valence-electron chi connectivity index (χ4n) is 3.37. The molecule has 1 heterocycles. The normalized spacial score (nSPS) is 12.2. The first-order chi connectivity index (χ1) is 16.3. The van der Waals surface area contributed by atoms with Gasteiger partial charge in [-0.15, -0.1) is 0 Å². The second-order valence-electron chi connectivity index (χ2n) is 7.36. The Bertz CT molecular complexity index is 1210. The zero-order chi connectivity index (χ0) is 24.1. The Kier molecular flexibility index (Phi) is 6.58. The Balaban J connectivity index is 1.37. The lowest BCUT2D eigenvalue weighted by Crippen LogP contribution is -2.26. The summed E-state index contributed by atoms with van der Waals surface area (Å²) in [6.07, 6.45) is -4.60. The van der Waals surface area contributed by atoms with Crippen molar-refractivity contribution in [1.82, 2.24) is 5.32 Å². The van der Waals surface area contributed by atoms with Gasteiger partial charge in [0.2, 0.25) is 12.7 Å².